The van der Waals surface area contributed by atoms with Gasteiger partial charge in [0.05, 0.1) is 31.8 Å². The molecule has 0 bridgehead atoms. The summed E-state index contributed by atoms with van der Waals surface area (Å²) in [4.78, 5) is 18.4. The van der Waals surface area contributed by atoms with E-state index < -0.39 is 34.9 Å². The number of carboxylic acids is 1. The molecule has 2 heterocycles. The maximum atomic E-state index is 13.5. The van der Waals surface area contributed by atoms with E-state index in [9.17, 15) is 33.3 Å². The molecule has 2 aromatic carbocycles. The van der Waals surface area contributed by atoms with E-state index in [1.165, 1.54) is 0 Å². The van der Waals surface area contributed by atoms with Crippen molar-refractivity contribution >= 4 is 16.9 Å². The number of hydrogen-bond donors (Lipinski definition) is 3. The number of rotatable bonds is 12. The largest absolute Gasteiger partial charge is 0.497 e. The summed E-state index contributed by atoms with van der Waals surface area (Å²) in [5.74, 6) is -4.15. The highest BCUT2D eigenvalue weighted by atomic mass is 19.2. The summed E-state index contributed by atoms with van der Waals surface area (Å²) in [6.07, 6.45) is 3.69. The van der Waals surface area contributed by atoms with Gasteiger partial charge in [0.2, 0.25) is 0 Å². The van der Waals surface area contributed by atoms with Crippen LogP contribution in [-0.2, 0) is 17.8 Å². The molecule has 216 valence electrons. The van der Waals surface area contributed by atoms with Crippen LogP contribution in [0.2, 0.25) is 0 Å². The summed E-state index contributed by atoms with van der Waals surface area (Å²) < 4.78 is 45.5. The summed E-state index contributed by atoms with van der Waals surface area (Å²) in [6.45, 7) is 1.69. The molecule has 3 N–H and O–H groups in total. The van der Waals surface area contributed by atoms with Gasteiger partial charge < -0.3 is 25.0 Å². The number of aliphatic hydroxyl groups is 2. The van der Waals surface area contributed by atoms with Crippen LogP contribution in [0, 0.1) is 22.9 Å². The van der Waals surface area contributed by atoms with E-state index in [0.717, 1.165) is 12.1 Å². The fourth-order valence-corrected chi connectivity index (χ4v) is 5.81. The van der Waals surface area contributed by atoms with Crippen LogP contribution in [0.15, 0.2) is 36.5 Å². The maximum Gasteiger partial charge on any atom is 0.303 e. The topological polar surface area (TPSA) is 103 Å². The Balaban J connectivity index is 1.40. The molecule has 3 aromatic rings. The highest BCUT2D eigenvalue weighted by Gasteiger charge is 2.37. The molecule has 0 radical (unpaired) electrons. The van der Waals surface area contributed by atoms with Crippen molar-refractivity contribution < 1.29 is 38.0 Å². The molecule has 1 aromatic heterocycles. The molecule has 0 spiro atoms. The molecule has 1 atom stereocenters. The lowest BCUT2D eigenvalue weighted by atomic mass is 9.71. The minimum atomic E-state index is -1.47. The normalized spacial score (nSPS) is 16.2. The number of aromatic nitrogens is 1. The number of fused-ring (bicyclic) bond motifs is 1. The third-order valence-electron chi connectivity index (χ3n) is 8.08. The summed E-state index contributed by atoms with van der Waals surface area (Å²) in [7, 11) is 1.55. The zero-order valence-electron chi connectivity index (χ0n) is 22.5. The molecule has 0 saturated carbocycles. The van der Waals surface area contributed by atoms with Gasteiger partial charge in [-0.15, -0.1) is 0 Å². The summed E-state index contributed by atoms with van der Waals surface area (Å²) in [5.41, 5.74) is 1.64. The molecular formula is C30H35F3N2O5. The predicted molar refractivity (Wildman–Crippen MR) is 143 cm³/mol. The Morgan fingerprint density at radius 1 is 1.15 bits per heavy atom. The Morgan fingerprint density at radius 3 is 2.48 bits per heavy atom. The lowest BCUT2D eigenvalue weighted by Gasteiger charge is -2.41. The first kappa shape index (κ1) is 29.8. The van der Waals surface area contributed by atoms with E-state index in [1.807, 2.05) is 0 Å². The van der Waals surface area contributed by atoms with Crippen molar-refractivity contribution in [2.45, 2.75) is 57.7 Å². The first-order valence-electron chi connectivity index (χ1n) is 13.5. The second-order valence-corrected chi connectivity index (χ2v) is 10.7. The number of likely N-dealkylation sites (tertiary alicyclic amines) is 1. The number of hydrogen-bond acceptors (Lipinski definition) is 6. The quantitative estimate of drug-likeness (QED) is 0.263. The number of aliphatic hydroxyl groups excluding tert-OH is 2. The van der Waals surface area contributed by atoms with Crippen LogP contribution in [0.5, 0.6) is 5.75 Å². The second kappa shape index (κ2) is 13.0. The molecule has 7 nitrogen and oxygen atoms in total. The first-order chi connectivity index (χ1) is 19.1. The first-order valence-corrected chi connectivity index (χ1v) is 13.5. The third kappa shape index (κ3) is 6.92. The number of nitrogens with zero attached hydrogens (tertiary/aromatic N) is 2. The van der Waals surface area contributed by atoms with Crippen LogP contribution in [0.4, 0.5) is 13.2 Å². The molecule has 1 aliphatic heterocycles. The molecule has 0 amide bonds. The fourth-order valence-electron chi connectivity index (χ4n) is 5.81. The van der Waals surface area contributed by atoms with Gasteiger partial charge in [0, 0.05) is 17.1 Å². The minimum Gasteiger partial charge on any atom is -0.497 e. The number of ether oxygens (including phenoxy) is 1. The molecule has 40 heavy (non-hydrogen) atoms. The van der Waals surface area contributed by atoms with E-state index in [2.05, 4.69) is 9.88 Å². The van der Waals surface area contributed by atoms with Crippen molar-refractivity contribution in [3.05, 3.63) is 70.7 Å². The Labute approximate surface area is 231 Å². The van der Waals surface area contributed by atoms with Crippen molar-refractivity contribution in [1.82, 2.24) is 9.88 Å². The molecule has 10 heteroatoms. The van der Waals surface area contributed by atoms with E-state index in [4.69, 9.17) is 4.74 Å². The van der Waals surface area contributed by atoms with Gasteiger partial charge in [0.15, 0.2) is 17.5 Å². The highest BCUT2D eigenvalue weighted by Crippen LogP contribution is 2.42. The zero-order valence-corrected chi connectivity index (χ0v) is 22.5. The average Bonchev–Trinajstić information content (AvgIpc) is 2.94. The van der Waals surface area contributed by atoms with E-state index in [-0.39, 0.29) is 13.0 Å². The number of methoxy groups -OCH3 is 1. The van der Waals surface area contributed by atoms with Crippen LogP contribution < -0.4 is 4.74 Å². The zero-order chi connectivity index (χ0) is 28.9. The standard InChI is InChI=1S/C30H35F3N2O5/c1-40-21-4-5-25-22(15-21)28(20(18-36)17-34-25)26(37)6-7-30(16-27(38)39)8-11-35(12-9-30)10-2-3-19-13-23(31)29(33)24(32)14-19/h4-5,13-15,17,26,36-37H,2-3,6-12,16,18H2,1H3,(H,38,39)/t26-/m1/s1. The van der Waals surface area contributed by atoms with Crippen molar-refractivity contribution in [3.63, 3.8) is 0 Å². The Hall–Kier alpha value is -3.21. The molecule has 1 aliphatic rings. The molecule has 0 aliphatic carbocycles. The number of aryl methyl sites for hydroxylation is 1. The van der Waals surface area contributed by atoms with Crippen molar-refractivity contribution in [2.75, 3.05) is 26.7 Å². The van der Waals surface area contributed by atoms with Crippen molar-refractivity contribution in [1.29, 1.82) is 0 Å². The monoisotopic (exact) mass is 560 g/mol. The van der Waals surface area contributed by atoms with Gasteiger partial charge in [-0.2, -0.15) is 0 Å². The summed E-state index contributed by atoms with van der Waals surface area (Å²) in [5, 5.41) is 31.6. The van der Waals surface area contributed by atoms with Crippen molar-refractivity contribution in [2.24, 2.45) is 5.41 Å². The Kier molecular flexibility index (Phi) is 9.65. The number of carbonyl (C=O) groups is 1. The van der Waals surface area contributed by atoms with Crippen molar-refractivity contribution in [3.8, 4) is 5.75 Å². The molecule has 0 unspecified atom stereocenters. The molecule has 4 rings (SSSR count). The summed E-state index contributed by atoms with van der Waals surface area (Å²) in [6, 6.07) is 7.37. The van der Waals surface area contributed by atoms with Crippen LogP contribution in [0.25, 0.3) is 10.9 Å². The smallest absolute Gasteiger partial charge is 0.303 e. The number of piperidine rings is 1. The fraction of sp³-hybridized carbons (Fsp3) is 0.467. The van der Waals surface area contributed by atoms with Crippen LogP contribution in [-0.4, -0.2) is 57.9 Å². The lowest BCUT2D eigenvalue weighted by Crippen LogP contribution is -2.41. The predicted octanol–water partition coefficient (Wildman–Crippen LogP) is 5.16. The molecule has 1 saturated heterocycles. The SMILES string of the molecule is COc1ccc2ncc(CO)c([C@H](O)CCC3(CC(=O)O)CCN(CCCc4cc(F)c(F)c(F)c4)CC3)c2c1. The maximum absolute atomic E-state index is 13.5. The highest BCUT2D eigenvalue weighted by molar-refractivity contribution is 5.85. The molecule has 1 fully saturated rings. The number of carboxylic acid groups (broad SMARTS) is 1. The third-order valence-corrected chi connectivity index (χ3v) is 8.08. The van der Waals surface area contributed by atoms with E-state index in [1.54, 1.807) is 31.5 Å². The van der Waals surface area contributed by atoms with Gasteiger partial charge in [0.25, 0.3) is 0 Å². The van der Waals surface area contributed by atoms with Gasteiger partial charge >= 0.3 is 5.97 Å². The minimum absolute atomic E-state index is 0.0144. The number of benzene rings is 2. The van der Waals surface area contributed by atoms with Gasteiger partial charge in [0.1, 0.15) is 5.75 Å². The van der Waals surface area contributed by atoms with Crippen LogP contribution in [0.1, 0.15) is 61.3 Å². The van der Waals surface area contributed by atoms with Crippen LogP contribution >= 0.6 is 0 Å². The number of aliphatic carboxylic acids is 1. The van der Waals surface area contributed by atoms with Gasteiger partial charge in [-0.1, -0.05) is 0 Å². The molecular weight excluding hydrogens is 525 g/mol. The number of pyridine rings is 1. The van der Waals surface area contributed by atoms with Gasteiger partial charge in [-0.3, -0.25) is 9.78 Å². The van der Waals surface area contributed by atoms with Gasteiger partial charge in [-0.25, -0.2) is 13.2 Å². The van der Waals surface area contributed by atoms with E-state index >= 15 is 0 Å². The number of halogens is 3. The Morgan fingerprint density at radius 2 is 1.85 bits per heavy atom. The summed E-state index contributed by atoms with van der Waals surface area (Å²) >= 11 is 0. The average molecular weight is 561 g/mol. The van der Waals surface area contributed by atoms with E-state index in [0.29, 0.717) is 91.5 Å². The Bertz CT molecular complexity index is 1320. The van der Waals surface area contributed by atoms with Gasteiger partial charge in [-0.05, 0) is 105 Å². The van der Waals surface area contributed by atoms with Crippen LogP contribution in [0.3, 0.4) is 0 Å². The second-order valence-electron chi connectivity index (χ2n) is 10.7. The lowest BCUT2D eigenvalue weighted by molar-refractivity contribution is -0.141.